The maximum atomic E-state index is 11.7. The van der Waals surface area contributed by atoms with Crippen molar-refractivity contribution in [2.24, 2.45) is 0 Å². The first-order chi connectivity index (χ1) is 8.67. The van der Waals surface area contributed by atoms with Gasteiger partial charge < -0.3 is 15.4 Å². The lowest BCUT2D eigenvalue weighted by Gasteiger charge is -2.12. The van der Waals surface area contributed by atoms with E-state index in [-0.39, 0.29) is 12.0 Å². The Kier molecular flexibility index (Phi) is 6.07. The monoisotopic (exact) mass is 252 g/mol. The molecule has 0 spiro atoms. The van der Waals surface area contributed by atoms with Gasteiger partial charge >= 0.3 is 0 Å². The van der Waals surface area contributed by atoms with Crippen molar-refractivity contribution in [3.63, 3.8) is 0 Å². The van der Waals surface area contributed by atoms with Crippen molar-refractivity contribution >= 4 is 11.7 Å². The number of ether oxygens (including phenoxy) is 1. The molecule has 0 radical (unpaired) electrons. The number of carbonyl (C=O) groups excluding carboxylic acids is 1. The second-order valence-corrected chi connectivity index (χ2v) is 3.79. The van der Waals surface area contributed by atoms with Gasteiger partial charge in [0, 0.05) is 19.7 Å². The largest absolute Gasteiger partial charge is 0.377 e. The van der Waals surface area contributed by atoms with Gasteiger partial charge in [0.25, 0.3) is 5.91 Å². The van der Waals surface area contributed by atoms with E-state index in [1.165, 1.54) is 6.20 Å². The zero-order valence-electron chi connectivity index (χ0n) is 11.1. The number of hydrogen-bond donors (Lipinski definition) is 2. The molecule has 6 nitrogen and oxygen atoms in total. The molecule has 0 saturated carbocycles. The van der Waals surface area contributed by atoms with Crippen LogP contribution in [0.2, 0.25) is 0 Å². The van der Waals surface area contributed by atoms with Crippen LogP contribution >= 0.6 is 0 Å². The van der Waals surface area contributed by atoms with Gasteiger partial charge in [-0.15, -0.1) is 0 Å². The molecular formula is C12H20N4O2. The molecule has 2 N–H and O–H groups in total. The first kappa shape index (κ1) is 14.4. The standard InChI is InChI=1S/C12H20N4O2/c1-4-13-11-8-14-10(7-15-11)12(17)16-6-9(3)18-5-2/h7-9H,4-6H2,1-3H3,(H,13,15)(H,16,17). The Morgan fingerprint density at radius 1 is 1.39 bits per heavy atom. The van der Waals surface area contributed by atoms with Crippen molar-refractivity contribution in [2.75, 3.05) is 25.0 Å². The van der Waals surface area contributed by atoms with E-state index in [1.54, 1.807) is 6.20 Å². The Balaban J connectivity index is 2.46. The average molecular weight is 252 g/mol. The molecule has 1 unspecified atom stereocenters. The van der Waals surface area contributed by atoms with Crippen LogP contribution in [-0.2, 0) is 4.74 Å². The summed E-state index contributed by atoms with van der Waals surface area (Å²) < 4.78 is 5.32. The number of anilines is 1. The Morgan fingerprint density at radius 2 is 2.17 bits per heavy atom. The van der Waals surface area contributed by atoms with Crippen LogP contribution in [0.1, 0.15) is 31.3 Å². The third-order valence-corrected chi connectivity index (χ3v) is 2.24. The van der Waals surface area contributed by atoms with Crippen LogP contribution in [0, 0.1) is 0 Å². The highest BCUT2D eigenvalue weighted by molar-refractivity contribution is 5.92. The second-order valence-electron chi connectivity index (χ2n) is 3.79. The molecule has 1 amide bonds. The summed E-state index contributed by atoms with van der Waals surface area (Å²) in [5, 5.41) is 5.76. The zero-order valence-corrected chi connectivity index (χ0v) is 11.1. The van der Waals surface area contributed by atoms with E-state index < -0.39 is 0 Å². The molecule has 1 rings (SSSR count). The van der Waals surface area contributed by atoms with Gasteiger partial charge in [-0.2, -0.15) is 0 Å². The number of carbonyl (C=O) groups is 1. The maximum Gasteiger partial charge on any atom is 0.271 e. The van der Waals surface area contributed by atoms with Crippen LogP contribution < -0.4 is 10.6 Å². The SMILES string of the molecule is CCNc1cnc(C(=O)NCC(C)OCC)cn1. The summed E-state index contributed by atoms with van der Waals surface area (Å²) in [6.07, 6.45) is 3.00. The minimum absolute atomic E-state index is 0.00654. The van der Waals surface area contributed by atoms with E-state index in [0.29, 0.717) is 24.7 Å². The number of hydrogen-bond acceptors (Lipinski definition) is 5. The molecule has 1 atom stereocenters. The van der Waals surface area contributed by atoms with E-state index in [2.05, 4.69) is 20.6 Å². The highest BCUT2D eigenvalue weighted by atomic mass is 16.5. The fraction of sp³-hybridized carbons (Fsp3) is 0.583. The van der Waals surface area contributed by atoms with Crippen molar-refractivity contribution in [2.45, 2.75) is 26.9 Å². The molecule has 1 aromatic rings. The fourth-order valence-electron chi connectivity index (χ4n) is 1.39. The summed E-state index contributed by atoms with van der Waals surface area (Å²) in [5.74, 6) is 0.425. The highest BCUT2D eigenvalue weighted by Crippen LogP contribution is 2.00. The summed E-state index contributed by atoms with van der Waals surface area (Å²) >= 11 is 0. The van der Waals surface area contributed by atoms with Crippen molar-refractivity contribution < 1.29 is 9.53 Å². The Bertz CT molecular complexity index is 367. The predicted molar refractivity (Wildman–Crippen MR) is 69.6 cm³/mol. The number of amides is 1. The van der Waals surface area contributed by atoms with Gasteiger partial charge in [0.05, 0.1) is 18.5 Å². The summed E-state index contributed by atoms with van der Waals surface area (Å²) in [5.41, 5.74) is 0.306. The number of rotatable bonds is 7. The third kappa shape index (κ3) is 4.67. The molecule has 0 aliphatic rings. The van der Waals surface area contributed by atoms with Crippen LogP contribution in [0.25, 0.3) is 0 Å². The fourth-order valence-corrected chi connectivity index (χ4v) is 1.39. The van der Waals surface area contributed by atoms with Crippen molar-refractivity contribution in [3.8, 4) is 0 Å². The Hall–Kier alpha value is -1.69. The smallest absolute Gasteiger partial charge is 0.271 e. The van der Waals surface area contributed by atoms with Gasteiger partial charge in [0.2, 0.25) is 0 Å². The normalized spacial score (nSPS) is 11.9. The third-order valence-electron chi connectivity index (χ3n) is 2.24. The molecule has 0 aliphatic heterocycles. The van der Waals surface area contributed by atoms with E-state index in [1.807, 2.05) is 20.8 Å². The second kappa shape index (κ2) is 7.60. The van der Waals surface area contributed by atoms with Gasteiger partial charge in [-0.05, 0) is 20.8 Å². The summed E-state index contributed by atoms with van der Waals surface area (Å²) in [4.78, 5) is 19.9. The van der Waals surface area contributed by atoms with Crippen LogP contribution in [0.4, 0.5) is 5.82 Å². The van der Waals surface area contributed by atoms with E-state index in [0.717, 1.165) is 6.54 Å². The van der Waals surface area contributed by atoms with Gasteiger partial charge in [0.1, 0.15) is 11.5 Å². The van der Waals surface area contributed by atoms with E-state index in [9.17, 15) is 4.79 Å². The summed E-state index contributed by atoms with van der Waals surface area (Å²) in [6.45, 7) is 7.66. The molecule has 18 heavy (non-hydrogen) atoms. The van der Waals surface area contributed by atoms with Crippen LogP contribution in [0.3, 0.4) is 0 Å². The van der Waals surface area contributed by atoms with Crippen LogP contribution in [0.5, 0.6) is 0 Å². The van der Waals surface area contributed by atoms with Crippen LogP contribution in [0.15, 0.2) is 12.4 Å². The van der Waals surface area contributed by atoms with Crippen molar-refractivity contribution in [3.05, 3.63) is 18.1 Å². The molecule has 0 fully saturated rings. The number of nitrogens with one attached hydrogen (secondary N) is 2. The quantitative estimate of drug-likeness (QED) is 0.759. The average Bonchev–Trinajstić information content (AvgIpc) is 2.37. The van der Waals surface area contributed by atoms with E-state index in [4.69, 9.17) is 4.74 Å². The van der Waals surface area contributed by atoms with Gasteiger partial charge in [-0.1, -0.05) is 0 Å². The Labute approximate surface area is 107 Å². The maximum absolute atomic E-state index is 11.7. The predicted octanol–water partition coefficient (Wildman–Crippen LogP) is 1.06. The van der Waals surface area contributed by atoms with Crippen molar-refractivity contribution in [1.82, 2.24) is 15.3 Å². The topological polar surface area (TPSA) is 76.1 Å². The first-order valence-electron chi connectivity index (χ1n) is 6.13. The Morgan fingerprint density at radius 3 is 2.72 bits per heavy atom. The lowest BCUT2D eigenvalue weighted by molar-refractivity contribution is 0.0693. The molecule has 1 heterocycles. The minimum atomic E-state index is -0.239. The van der Waals surface area contributed by atoms with Crippen molar-refractivity contribution in [1.29, 1.82) is 0 Å². The minimum Gasteiger partial charge on any atom is -0.377 e. The number of nitrogens with zero attached hydrogens (tertiary/aromatic N) is 2. The van der Waals surface area contributed by atoms with Gasteiger partial charge in [-0.25, -0.2) is 9.97 Å². The summed E-state index contributed by atoms with van der Waals surface area (Å²) in [6, 6.07) is 0. The lowest BCUT2D eigenvalue weighted by Crippen LogP contribution is -2.32. The van der Waals surface area contributed by atoms with Gasteiger partial charge in [-0.3, -0.25) is 4.79 Å². The number of aromatic nitrogens is 2. The lowest BCUT2D eigenvalue weighted by atomic mass is 10.3. The summed E-state index contributed by atoms with van der Waals surface area (Å²) in [7, 11) is 0. The molecule has 0 aromatic carbocycles. The first-order valence-corrected chi connectivity index (χ1v) is 6.13. The van der Waals surface area contributed by atoms with Gasteiger partial charge in [0.15, 0.2) is 0 Å². The molecule has 0 bridgehead atoms. The molecule has 1 aromatic heterocycles. The highest BCUT2D eigenvalue weighted by Gasteiger charge is 2.09. The molecule has 0 aliphatic carbocycles. The zero-order chi connectivity index (χ0) is 13.4. The van der Waals surface area contributed by atoms with Crippen LogP contribution in [-0.4, -0.2) is 41.7 Å². The van der Waals surface area contributed by atoms with E-state index >= 15 is 0 Å². The molecule has 6 heteroatoms. The molecular weight excluding hydrogens is 232 g/mol. The molecule has 100 valence electrons. The molecule has 0 saturated heterocycles.